The summed E-state index contributed by atoms with van der Waals surface area (Å²) in [6, 6.07) is 7.89. The van der Waals surface area contributed by atoms with E-state index < -0.39 is 0 Å². The quantitative estimate of drug-likeness (QED) is 0.694. The Kier molecular flexibility index (Phi) is 2.87. The van der Waals surface area contributed by atoms with E-state index in [0.29, 0.717) is 5.56 Å². The highest BCUT2D eigenvalue weighted by molar-refractivity contribution is 6.17. The van der Waals surface area contributed by atoms with Crippen LogP contribution in [0.4, 0.5) is 17.1 Å². The molecule has 0 spiro atoms. The van der Waals surface area contributed by atoms with Gasteiger partial charge in [-0.25, -0.2) is 9.67 Å². The Morgan fingerprint density at radius 2 is 1.74 bits per heavy atom. The van der Waals surface area contributed by atoms with Crippen LogP contribution in [-0.2, 0) is 6.54 Å². The van der Waals surface area contributed by atoms with Crippen molar-refractivity contribution in [1.82, 2.24) is 14.8 Å². The molecule has 6 heteroatoms. The Labute approximate surface area is 133 Å². The number of carbonyl (C=O) groups is 1. The minimum Gasteiger partial charge on any atom is -0.342 e. The third-order valence-electron chi connectivity index (χ3n) is 4.41. The number of nitrogens with zero attached hydrogens (tertiary/aromatic N) is 5. The molecule has 0 aliphatic carbocycles. The van der Waals surface area contributed by atoms with Crippen LogP contribution in [0.2, 0.25) is 0 Å². The van der Waals surface area contributed by atoms with Gasteiger partial charge < -0.3 is 9.80 Å². The Morgan fingerprint density at radius 1 is 1.04 bits per heavy atom. The number of aromatic nitrogens is 3. The molecule has 0 atom stereocenters. The summed E-state index contributed by atoms with van der Waals surface area (Å²) in [5.41, 5.74) is 4.12. The van der Waals surface area contributed by atoms with Crippen molar-refractivity contribution in [3.05, 3.63) is 42.2 Å². The minimum absolute atomic E-state index is 0.0598. The van der Waals surface area contributed by atoms with Crippen LogP contribution >= 0.6 is 0 Å². The van der Waals surface area contributed by atoms with E-state index in [4.69, 9.17) is 0 Å². The highest BCUT2D eigenvalue weighted by Gasteiger charge is 2.29. The van der Waals surface area contributed by atoms with E-state index in [0.717, 1.165) is 34.6 Å². The Hall–Kier alpha value is -2.89. The van der Waals surface area contributed by atoms with Crippen molar-refractivity contribution in [3.63, 3.8) is 0 Å². The SMILES string of the molecule is CCn1ncc2c3c(cnc21)C(=O)N(C)c1ccccc1N3C. The fourth-order valence-corrected chi connectivity index (χ4v) is 3.21. The predicted molar refractivity (Wildman–Crippen MR) is 90.4 cm³/mol. The molecule has 0 fully saturated rings. The van der Waals surface area contributed by atoms with Crippen molar-refractivity contribution in [3.8, 4) is 0 Å². The summed E-state index contributed by atoms with van der Waals surface area (Å²) in [6.45, 7) is 2.77. The first-order valence-corrected chi connectivity index (χ1v) is 7.58. The topological polar surface area (TPSA) is 54.3 Å². The van der Waals surface area contributed by atoms with Gasteiger partial charge in [-0.15, -0.1) is 0 Å². The van der Waals surface area contributed by atoms with Crippen molar-refractivity contribution in [2.24, 2.45) is 0 Å². The van der Waals surface area contributed by atoms with Gasteiger partial charge in [0.25, 0.3) is 5.91 Å². The number of hydrogen-bond acceptors (Lipinski definition) is 4. The summed E-state index contributed by atoms with van der Waals surface area (Å²) in [5.74, 6) is -0.0598. The molecule has 1 aromatic carbocycles. The number of fused-ring (bicyclic) bond motifs is 4. The fraction of sp³-hybridized carbons (Fsp3) is 0.235. The van der Waals surface area contributed by atoms with Crippen LogP contribution in [0.25, 0.3) is 11.0 Å². The molecule has 3 aromatic rings. The molecule has 0 N–H and O–H groups in total. The molecule has 6 nitrogen and oxygen atoms in total. The van der Waals surface area contributed by atoms with Crippen LogP contribution < -0.4 is 9.80 Å². The standard InChI is InChI=1S/C17H17N5O/c1-4-22-16-11(10-19-22)15-12(9-18-16)17(23)21(3)14-8-6-5-7-13(14)20(15)2/h5-10H,4H2,1-3H3. The minimum atomic E-state index is -0.0598. The normalized spacial score (nSPS) is 14.0. The fourth-order valence-electron chi connectivity index (χ4n) is 3.21. The molecular formula is C17H17N5O. The molecule has 1 amide bonds. The maximum absolute atomic E-state index is 12.9. The van der Waals surface area contributed by atoms with Gasteiger partial charge in [0.1, 0.15) is 0 Å². The third-order valence-corrected chi connectivity index (χ3v) is 4.41. The Balaban J connectivity index is 2.09. The first-order valence-electron chi connectivity index (χ1n) is 7.58. The molecule has 0 unspecified atom stereocenters. The summed E-state index contributed by atoms with van der Waals surface area (Å²) < 4.78 is 1.84. The number of carbonyl (C=O) groups excluding carboxylic acids is 1. The van der Waals surface area contributed by atoms with Crippen molar-refractivity contribution < 1.29 is 4.79 Å². The lowest BCUT2D eigenvalue weighted by atomic mass is 10.1. The van der Waals surface area contributed by atoms with Gasteiger partial charge in [-0.05, 0) is 19.1 Å². The second-order valence-electron chi connectivity index (χ2n) is 5.63. The van der Waals surface area contributed by atoms with Gasteiger partial charge in [0.2, 0.25) is 0 Å². The molecule has 1 aliphatic heterocycles. The monoisotopic (exact) mass is 307 g/mol. The summed E-state index contributed by atoms with van der Waals surface area (Å²) in [7, 11) is 3.77. The van der Waals surface area contributed by atoms with E-state index in [1.165, 1.54) is 0 Å². The van der Waals surface area contributed by atoms with E-state index in [-0.39, 0.29) is 5.91 Å². The molecule has 23 heavy (non-hydrogen) atoms. The van der Waals surface area contributed by atoms with Gasteiger partial charge in [0, 0.05) is 26.8 Å². The van der Waals surface area contributed by atoms with Crippen LogP contribution in [-0.4, -0.2) is 34.8 Å². The average molecular weight is 307 g/mol. The van der Waals surface area contributed by atoms with E-state index >= 15 is 0 Å². The number of anilines is 3. The second-order valence-corrected chi connectivity index (χ2v) is 5.63. The first-order chi connectivity index (χ1) is 11.1. The Bertz CT molecular complexity index is 930. The second kappa shape index (κ2) is 4.81. The van der Waals surface area contributed by atoms with Gasteiger partial charge in [0.05, 0.1) is 34.2 Å². The predicted octanol–water partition coefficient (Wildman–Crippen LogP) is 2.81. The van der Waals surface area contributed by atoms with E-state index in [1.54, 1.807) is 24.3 Å². The lowest BCUT2D eigenvalue weighted by Crippen LogP contribution is -2.25. The van der Waals surface area contributed by atoms with Crippen LogP contribution in [0.1, 0.15) is 17.3 Å². The maximum Gasteiger partial charge on any atom is 0.261 e. The molecule has 0 saturated carbocycles. The Morgan fingerprint density at radius 3 is 2.43 bits per heavy atom. The summed E-state index contributed by atoms with van der Waals surface area (Å²) in [5, 5.41) is 5.28. The highest BCUT2D eigenvalue weighted by Crippen LogP contribution is 2.41. The van der Waals surface area contributed by atoms with Crippen LogP contribution in [0.15, 0.2) is 36.7 Å². The third kappa shape index (κ3) is 1.78. The smallest absolute Gasteiger partial charge is 0.261 e. The van der Waals surface area contributed by atoms with Crippen LogP contribution in [0.5, 0.6) is 0 Å². The molecule has 0 bridgehead atoms. The molecule has 0 saturated heterocycles. The zero-order chi connectivity index (χ0) is 16.1. The summed E-state index contributed by atoms with van der Waals surface area (Å²) in [4.78, 5) is 21.1. The molecule has 2 aromatic heterocycles. The van der Waals surface area contributed by atoms with Crippen molar-refractivity contribution in [2.75, 3.05) is 23.9 Å². The molecule has 1 aliphatic rings. The summed E-state index contributed by atoms with van der Waals surface area (Å²) in [6.07, 6.45) is 3.45. The summed E-state index contributed by atoms with van der Waals surface area (Å²) >= 11 is 0. The number of aryl methyl sites for hydroxylation is 1. The van der Waals surface area contributed by atoms with Crippen LogP contribution in [0.3, 0.4) is 0 Å². The highest BCUT2D eigenvalue weighted by atomic mass is 16.2. The van der Waals surface area contributed by atoms with Gasteiger partial charge >= 0.3 is 0 Å². The first kappa shape index (κ1) is 13.8. The van der Waals surface area contributed by atoms with E-state index in [2.05, 4.69) is 15.0 Å². The molecule has 4 rings (SSSR count). The van der Waals surface area contributed by atoms with Gasteiger partial charge in [-0.1, -0.05) is 12.1 Å². The number of para-hydroxylation sites is 2. The average Bonchev–Trinajstić information content (AvgIpc) is 2.99. The van der Waals surface area contributed by atoms with Crippen LogP contribution in [0, 0.1) is 0 Å². The zero-order valence-corrected chi connectivity index (χ0v) is 13.3. The zero-order valence-electron chi connectivity index (χ0n) is 13.3. The number of benzene rings is 1. The van der Waals surface area contributed by atoms with Crippen molar-refractivity contribution in [1.29, 1.82) is 0 Å². The number of pyridine rings is 1. The van der Waals surface area contributed by atoms with Gasteiger partial charge in [-0.2, -0.15) is 5.10 Å². The van der Waals surface area contributed by atoms with Crippen molar-refractivity contribution in [2.45, 2.75) is 13.5 Å². The van der Waals surface area contributed by atoms with E-state index in [1.807, 2.05) is 42.9 Å². The van der Waals surface area contributed by atoms with Gasteiger partial charge in [-0.3, -0.25) is 4.79 Å². The maximum atomic E-state index is 12.9. The number of rotatable bonds is 1. The molecule has 3 heterocycles. The molecular weight excluding hydrogens is 290 g/mol. The lowest BCUT2D eigenvalue weighted by molar-refractivity contribution is 0.0994. The van der Waals surface area contributed by atoms with E-state index in [9.17, 15) is 4.79 Å². The largest absolute Gasteiger partial charge is 0.342 e. The van der Waals surface area contributed by atoms with Gasteiger partial charge in [0.15, 0.2) is 5.65 Å². The number of hydrogen-bond donors (Lipinski definition) is 0. The molecule has 116 valence electrons. The number of amides is 1. The lowest BCUT2D eigenvalue weighted by Gasteiger charge is -2.22. The van der Waals surface area contributed by atoms with Crippen molar-refractivity contribution >= 4 is 34.0 Å². The molecule has 0 radical (unpaired) electrons.